The summed E-state index contributed by atoms with van der Waals surface area (Å²) in [6.07, 6.45) is 0. The zero-order chi connectivity index (χ0) is 18.9. The van der Waals surface area contributed by atoms with Crippen LogP contribution >= 0.6 is 0 Å². The van der Waals surface area contributed by atoms with Crippen LogP contribution in [0, 0.1) is 13.8 Å². The summed E-state index contributed by atoms with van der Waals surface area (Å²) in [5, 5.41) is 2.81. The molecule has 6 nitrogen and oxygen atoms in total. The van der Waals surface area contributed by atoms with E-state index in [1.165, 1.54) is 0 Å². The van der Waals surface area contributed by atoms with Crippen LogP contribution in [0.2, 0.25) is 0 Å². The first-order chi connectivity index (χ1) is 12.5. The van der Waals surface area contributed by atoms with Crippen LogP contribution in [-0.2, 0) is 9.53 Å². The van der Waals surface area contributed by atoms with Gasteiger partial charge in [0.15, 0.2) is 18.1 Å². The number of rotatable bonds is 9. The number of amides is 1. The average Bonchev–Trinajstić information content (AvgIpc) is 2.63. The van der Waals surface area contributed by atoms with Crippen molar-refractivity contribution in [3.05, 3.63) is 47.5 Å². The topological polar surface area (TPSA) is 66.0 Å². The Hall–Kier alpha value is -2.73. The van der Waals surface area contributed by atoms with E-state index in [0.29, 0.717) is 36.1 Å². The van der Waals surface area contributed by atoms with Crippen LogP contribution in [0.1, 0.15) is 11.1 Å². The smallest absolute Gasteiger partial charge is 0.262 e. The third-order valence-corrected chi connectivity index (χ3v) is 3.63. The van der Waals surface area contributed by atoms with Crippen molar-refractivity contribution < 1.29 is 23.7 Å². The highest BCUT2D eigenvalue weighted by Gasteiger charge is 2.11. The first-order valence-electron chi connectivity index (χ1n) is 8.33. The molecule has 2 rings (SSSR count). The molecule has 0 aliphatic rings. The second-order valence-corrected chi connectivity index (χ2v) is 5.83. The number of methoxy groups -OCH3 is 2. The van der Waals surface area contributed by atoms with E-state index in [2.05, 4.69) is 5.32 Å². The third-order valence-electron chi connectivity index (χ3n) is 3.63. The molecule has 0 saturated carbocycles. The van der Waals surface area contributed by atoms with E-state index >= 15 is 0 Å². The molecule has 0 atom stereocenters. The first kappa shape index (κ1) is 19.6. The molecule has 0 fully saturated rings. The van der Waals surface area contributed by atoms with Crippen LogP contribution in [0.5, 0.6) is 17.2 Å². The monoisotopic (exact) mass is 359 g/mol. The molecule has 2 aromatic rings. The van der Waals surface area contributed by atoms with Crippen molar-refractivity contribution >= 4 is 11.6 Å². The van der Waals surface area contributed by atoms with Crippen molar-refractivity contribution in [3.63, 3.8) is 0 Å². The van der Waals surface area contributed by atoms with Gasteiger partial charge in [-0.15, -0.1) is 0 Å². The van der Waals surface area contributed by atoms with Crippen LogP contribution in [0.4, 0.5) is 5.69 Å². The number of carbonyl (C=O) groups is 1. The standard InChI is InChI=1S/C20H25NO5/c1-14-5-7-16(18(11-14)25-10-9-23-3)21-20(22)13-26-17-8-6-15(2)12-19(17)24-4/h5-8,11-12H,9-10,13H2,1-4H3,(H,21,22). The summed E-state index contributed by atoms with van der Waals surface area (Å²) in [6.45, 7) is 4.66. The van der Waals surface area contributed by atoms with E-state index in [0.717, 1.165) is 11.1 Å². The second kappa shape index (κ2) is 9.68. The molecule has 0 saturated heterocycles. The largest absolute Gasteiger partial charge is 0.493 e. The minimum atomic E-state index is -0.284. The highest BCUT2D eigenvalue weighted by atomic mass is 16.5. The molecule has 0 unspecified atom stereocenters. The summed E-state index contributed by atoms with van der Waals surface area (Å²) >= 11 is 0. The highest BCUT2D eigenvalue weighted by molar-refractivity contribution is 5.93. The SMILES string of the molecule is COCCOc1cc(C)ccc1NC(=O)COc1ccc(C)cc1OC. The van der Waals surface area contributed by atoms with Gasteiger partial charge in [-0.2, -0.15) is 0 Å². The van der Waals surface area contributed by atoms with Gasteiger partial charge in [-0.3, -0.25) is 4.79 Å². The maximum Gasteiger partial charge on any atom is 0.262 e. The number of anilines is 1. The van der Waals surface area contributed by atoms with E-state index in [1.54, 1.807) is 20.3 Å². The van der Waals surface area contributed by atoms with E-state index in [-0.39, 0.29) is 12.5 Å². The maximum atomic E-state index is 12.3. The lowest BCUT2D eigenvalue weighted by Crippen LogP contribution is -2.21. The molecule has 6 heteroatoms. The molecule has 0 aliphatic carbocycles. The molecule has 0 aromatic heterocycles. The molecule has 140 valence electrons. The Labute approximate surface area is 154 Å². The number of nitrogens with one attached hydrogen (secondary N) is 1. The average molecular weight is 359 g/mol. The van der Waals surface area contributed by atoms with E-state index in [9.17, 15) is 4.79 Å². The van der Waals surface area contributed by atoms with E-state index in [4.69, 9.17) is 18.9 Å². The Bertz CT molecular complexity index is 745. The van der Waals surface area contributed by atoms with Crippen molar-refractivity contribution in [2.45, 2.75) is 13.8 Å². The summed E-state index contributed by atoms with van der Waals surface area (Å²) in [4.78, 5) is 12.3. The summed E-state index contributed by atoms with van der Waals surface area (Å²) in [5.41, 5.74) is 2.68. The summed E-state index contributed by atoms with van der Waals surface area (Å²) < 4.78 is 21.5. The van der Waals surface area contributed by atoms with Crippen LogP contribution in [0.15, 0.2) is 36.4 Å². The Morgan fingerprint density at radius 1 is 0.885 bits per heavy atom. The molecule has 1 N–H and O–H groups in total. The molecular formula is C20H25NO5. The summed E-state index contributed by atoms with van der Waals surface area (Å²) in [6, 6.07) is 11.1. The molecule has 1 amide bonds. The van der Waals surface area contributed by atoms with Crippen molar-refractivity contribution in [1.82, 2.24) is 0 Å². The van der Waals surface area contributed by atoms with Crippen LogP contribution in [0.3, 0.4) is 0 Å². The van der Waals surface area contributed by atoms with Gasteiger partial charge in [0, 0.05) is 7.11 Å². The lowest BCUT2D eigenvalue weighted by molar-refractivity contribution is -0.118. The summed E-state index contributed by atoms with van der Waals surface area (Å²) in [7, 11) is 3.18. The Balaban J connectivity index is 1.99. The van der Waals surface area contributed by atoms with Crippen molar-refractivity contribution in [3.8, 4) is 17.2 Å². The molecule has 0 radical (unpaired) electrons. The van der Waals surface area contributed by atoms with Gasteiger partial charge < -0.3 is 24.3 Å². The van der Waals surface area contributed by atoms with Crippen molar-refractivity contribution in [2.24, 2.45) is 0 Å². The predicted molar refractivity (Wildman–Crippen MR) is 100 cm³/mol. The zero-order valence-electron chi connectivity index (χ0n) is 15.6. The molecule has 26 heavy (non-hydrogen) atoms. The van der Waals surface area contributed by atoms with E-state index in [1.807, 2.05) is 44.2 Å². The normalized spacial score (nSPS) is 10.3. The maximum absolute atomic E-state index is 12.3. The highest BCUT2D eigenvalue weighted by Crippen LogP contribution is 2.28. The molecule has 0 spiro atoms. The van der Waals surface area contributed by atoms with Gasteiger partial charge in [-0.25, -0.2) is 0 Å². The minimum Gasteiger partial charge on any atom is -0.493 e. The minimum absolute atomic E-state index is 0.134. The number of hydrogen-bond donors (Lipinski definition) is 1. The fourth-order valence-corrected chi connectivity index (χ4v) is 2.31. The zero-order valence-corrected chi connectivity index (χ0v) is 15.6. The Morgan fingerprint density at radius 2 is 1.58 bits per heavy atom. The molecule has 0 heterocycles. The number of aryl methyl sites for hydroxylation is 2. The predicted octanol–water partition coefficient (Wildman–Crippen LogP) is 3.35. The van der Waals surface area contributed by atoms with Crippen LogP contribution in [-0.4, -0.2) is 39.9 Å². The number of carbonyl (C=O) groups excluding carboxylic acids is 1. The molecule has 0 aliphatic heterocycles. The van der Waals surface area contributed by atoms with Gasteiger partial charge in [0.05, 0.1) is 19.4 Å². The van der Waals surface area contributed by atoms with Gasteiger partial charge in [-0.05, 0) is 49.2 Å². The molecule has 2 aromatic carbocycles. The Kier molecular flexibility index (Phi) is 7.29. The second-order valence-electron chi connectivity index (χ2n) is 5.83. The van der Waals surface area contributed by atoms with Crippen LogP contribution in [0.25, 0.3) is 0 Å². The first-order valence-corrected chi connectivity index (χ1v) is 8.33. The molecule has 0 bridgehead atoms. The van der Waals surface area contributed by atoms with Crippen LogP contribution < -0.4 is 19.5 Å². The van der Waals surface area contributed by atoms with Crippen molar-refractivity contribution in [1.29, 1.82) is 0 Å². The number of hydrogen-bond acceptors (Lipinski definition) is 5. The Morgan fingerprint density at radius 3 is 2.27 bits per heavy atom. The fraction of sp³-hybridized carbons (Fsp3) is 0.350. The number of benzene rings is 2. The van der Waals surface area contributed by atoms with Gasteiger partial charge >= 0.3 is 0 Å². The van der Waals surface area contributed by atoms with Gasteiger partial charge in [-0.1, -0.05) is 12.1 Å². The van der Waals surface area contributed by atoms with Crippen molar-refractivity contribution in [2.75, 3.05) is 39.4 Å². The third kappa shape index (κ3) is 5.67. The van der Waals surface area contributed by atoms with Gasteiger partial charge in [0.25, 0.3) is 5.91 Å². The quantitative estimate of drug-likeness (QED) is 0.696. The lowest BCUT2D eigenvalue weighted by atomic mass is 10.2. The molecular weight excluding hydrogens is 334 g/mol. The van der Waals surface area contributed by atoms with E-state index < -0.39 is 0 Å². The fourth-order valence-electron chi connectivity index (χ4n) is 2.31. The summed E-state index contributed by atoms with van der Waals surface area (Å²) in [5.74, 6) is 1.43. The number of ether oxygens (including phenoxy) is 4. The van der Waals surface area contributed by atoms with Gasteiger partial charge in [0.2, 0.25) is 0 Å². The van der Waals surface area contributed by atoms with Gasteiger partial charge in [0.1, 0.15) is 12.4 Å². The lowest BCUT2D eigenvalue weighted by Gasteiger charge is -2.14.